The summed E-state index contributed by atoms with van der Waals surface area (Å²) in [6, 6.07) is 6.46. The number of amides is 1. The molecule has 0 atom stereocenters. The molecule has 0 spiro atoms. The average molecular weight is 442 g/mol. The van der Waals surface area contributed by atoms with Gasteiger partial charge in [0.25, 0.3) is 0 Å². The third-order valence-electron chi connectivity index (χ3n) is 3.88. The van der Waals surface area contributed by atoms with Crippen LogP contribution in [0.25, 0.3) is 0 Å². The minimum absolute atomic E-state index is 0.0203. The zero-order valence-corrected chi connectivity index (χ0v) is 14.6. The third-order valence-corrected chi connectivity index (χ3v) is 4.50. The number of hydrogen-bond acceptors (Lipinski definition) is 4. The monoisotopic (exact) mass is 441 g/mol. The summed E-state index contributed by atoms with van der Waals surface area (Å²) in [6.45, 7) is 0. The third kappa shape index (κ3) is 3.01. The fourth-order valence-electron chi connectivity index (χ4n) is 2.73. The number of carbonyl (C=O) groups excluding carboxylic acids is 3. The number of ketones is 2. The zero-order chi connectivity index (χ0) is 20.1. The Balaban J connectivity index is 2.34. The molecule has 0 heterocycles. The molecule has 1 aliphatic carbocycles. The number of carboxylic acids is 1. The summed E-state index contributed by atoms with van der Waals surface area (Å²) in [6.07, 6.45) is -5.32. The number of anilines is 1. The molecule has 0 saturated carbocycles. The normalized spacial score (nSPS) is 13.0. The Labute approximate surface area is 157 Å². The lowest BCUT2D eigenvalue weighted by Gasteiger charge is -2.23. The molecule has 0 saturated heterocycles. The maximum atomic E-state index is 12.8. The number of benzene rings is 2. The first kappa shape index (κ1) is 18.8. The SMILES string of the molecule is O=C(O)c1cc(Br)c2c(c1NC(=O)C(F)(F)F)C(=O)c1ccccc1C2=O. The Morgan fingerprint density at radius 2 is 1.52 bits per heavy atom. The maximum absolute atomic E-state index is 12.8. The van der Waals surface area contributed by atoms with Gasteiger partial charge in [0.1, 0.15) is 0 Å². The standard InChI is InChI=1S/C17H7BrF3NO5/c18-9-5-8(15(25)26)12(22-16(27)17(19,20)21)11-10(9)13(23)6-3-1-2-4-7(6)14(11)24/h1-5H,(H,22,27)(H,25,26). The second-order valence-corrected chi connectivity index (χ2v) is 6.35. The number of fused-ring (bicyclic) bond motifs is 2. The van der Waals surface area contributed by atoms with E-state index in [1.54, 1.807) is 0 Å². The lowest BCUT2D eigenvalue weighted by molar-refractivity contribution is -0.167. The van der Waals surface area contributed by atoms with E-state index >= 15 is 0 Å². The Hall–Kier alpha value is -3.01. The fraction of sp³-hybridized carbons (Fsp3) is 0.0588. The Kier molecular flexibility index (Phi) is 4.38. The first-order valence-corrected chi connectivity index (χ1v) is 7.99. The van der Waals surface area contributed by atoms with Crippen molar-refractivity contribution in [2.24, 2.45) is 0 Å². The summed E-state index contributed by atoms with van der Waals surface area (Å²) in [4.78, 5) is 48.4. The molecule has 2 aromatic rings. The summed E-state index contributed by atoms with van der Waals surface area (Å²) in [5.74, 6) is -5.71. The van der Waals surface area contributed by atoms with E-state index in [4.69, 9.17) is 0 Å². The van der Waals surface area contributed by atoms with Crippen molar-refractivity contribution in [1.82, 2.24) is 0 Å². The average Bonchev–Trinajstić information content (AvgIpc) is 2.59. The number of alkyl halides is 3. The molecule has 0 aromatic heterocycles. The number of hydrogen-bond donors (Lipinski definition) is 2. The molecule has 10 heteroatoms. The molecule has 1 amide bonds. The molecule has 0 fully saturated rings. The Morgan fingerprint density at radius 3 is 2.00 bits per heavy atom. The minimum Gasteiger partial charge on any atom is -0.478 e. The van der Waals surface area contributed by atoms with Gasteiger partial charge in [-0.05, 0) is 22.0 Å². The van der Waals surface area contributed by atoms with E-state index in [1.165, 1.54) is 29.6 Å². The van der Waals surface area contributed by atoms with Crippen LogP contribution in [0.4, 0.5) is 18.9 Å². The predicted molar refractivity (Wildman–Crippen MR) is 89.1 cm³/mol. The van der Waals surface area contributed by atoms with Crippen LogP contribution in [0.3, 0.4) is 0 Å². The van der Waals surface area contributed by atoms with Gasteiger partial charge < -0.3 is 10.4 Å². The number of aromatic carboxylic acids is 1. The van der Waals surface area contributed by atoms with E-state index in [0.717, 1.165) is 6.07 Å². The van der Waals surface area contributed by atoms with Gasteiger partial charge in [0.05, 0.1) is 22.4 Å². The van der Waals surface area contributed by atoms with Gasteiger partial charge in [-0.1, -0.05) is 24.3 Å². The maximum Gasteiger partial charge on any atom is 0.471 e. The van der Waals surface area contributed by atoms with Crippen LogP contribution in [0.2, 0.25) is 0 Å². The Morgan fingerprint density at radius 1 is 1.00 bits per heavy atom. The smallest absolute Gasteiger partial charge is 0.471 e. The van der Waals surface area contributed by atoms with E-state index in [9.17, 15) is 37.5 Å². The number of rotatable bonds is 2. The quantitative estimate of drug-likeness (QED) is 0.634. The van der Waals surface area contributed by atoms with E-state index in [0.29, 0.717) is 0 Å². The van der Waals surface area contributed by atoms with Crippen molar-refractivity contribution in [2.45, 2.75) is 6.18 Å². The first-order valence-electron chi connectivity index (χ1n) is 7.20. The van der Waals surface area contributed by atoms with Gasteiger partial charge in [0, 0.05) is 15.6 Å². The van der Waals surface area contributed by atoms with Crippen molar-refractivity contribution in [2.75, 3.05) is 5.32 Å². The van der Waals surface area contributed by atoms with Crippen LogP contribution in [-0.2, 0) is 4.79 Å². The summed E-state index contributed by atoms with van der Waals surface area (Å²) >= 11 is 2.99. The van der Waals surface area contributed by atoms with Crippen molar-refractivity contribution in [3.05, 3.63) is 62.6 Å². The second kappa shape index (κ2) is 6.31. The molecule has 2 aromatic carbocycles. The largest absolute Gasteiger partial charge is 0.478 e. The highest BCUT2D eigenvalue weighted by Gasteiger charge is 2.42. The summed E-state index contributed by atoms with van der Waals surface area (Å²) in [5.41, 5.74) is -2.65. The number of halogens is 4. The van der Waals surface area contributed by atoms with Crippen molar-refractivity contribution in [3.8, 4) is 0 Å². The molecule has 6 nitrogen and oxygen atoms in total. The molecule has 0 radical (unpaired) electrons. The number of nitrogens with one attached hydrogen (secondary N) is 1. The van der Waals surface area contributed by atoms with Gasteiger partial charge in [0.15, 0.2) is 11.6 Å². The molecule has 1 aliphatic rings. The second-order valence-electron chi connectivity index (χ2n) is 5.49. The lowest BCUT2D eigenvalue weighted by atomic mass is 9.82. The highest BCUT2D eigenvalue weighted by molar-refractivity contribution is 9.10. The van der Waals surface area contributed by atoms with Crippen LogP contribution < -0.4 is 5.32 Å². The van der Waals surface area contributed by atoms with Gasteiger partial charge in [0.2, 0.25) is 0 Å². The van der Waals surface area contributed by atoms with E-state index < -0.39 is 46.4 Å². The summed E-state index contributed by atoms with van der Waals surface area (Å²) in [7, 11) is 0. The molecule has 2 N–H and O–H groups in total. The zero-order valence-electron chi connectivity index (χ0n) is 13.0. The van der Waals surface area contributed by atoms with Crippen LogP contribution >= 0.6 is 15.9 Å². The van der Waals surface area contributed by atoms with E-state index in [1.807, 2.05) is 0 Å². The fourth-order valence-corrected chi connectivity index (χ4v) is 3.34. The van der Waals surface area contributed by atoms with Crippen LogP contribution in [0, 0.1) is 0 Å². The number of carboxylic acid groups (broad SMARTS) is 1. The van der Waals surface area contributed by atoms with Crippen molar-refractivity contribution >= 4 is 45.1 Å². The summed E-state index contributed by atoms with van der Waals surface area (Å²) in [5, 5.41) is 10.7. The van der Waals surface area contributed by atoms with Gasteiger partial charge >= 0.3 is 18.1 Å². The molecular formula is C17H7BrF3NO5. The molecule has 27 heavy (non-hydrogen) atoms. The first-order chi connectivity index (χ1) is 12.5. The van der Waals surface area contributed by atoms with E-state index in [-0.39, 0.29) is 21.2 Å². The van der Waals surface area contributed by atoms with Crippen molar-refractivity contribution < 1.29 is 37.5 Å². The topological polar surface area (TPSA) is 101 Å². The van der Waals surface area contributed by atoms with Crippen LogP contribution in [0.15, 0.2) is 34.8 Å². The lowest BCUT2D eigenvalue weighted by Crippen LogP contribution is -2.33. The van der Waals surface area contributed by atoms with Gasteiger partial charge in [-0.25, -0.2) is 4.79 Å². The van der Waals surface area contributed by atoms with Gasteiger partial charge in [-0.2, -0.15) is 13.2 Å². The highest BCUT2D eigenvalue weighted by atomic mass is 79.9. The van der Waals surface area contributed by atoms with Crippen molar-refractivity contribution in [3.63, 3.8) is 0 Å². The van der Waals surface area contributed by atoms with Crippen LogP contribution in [0.1, 0.15) is 42.2 Å². The summed E-state index contributed by atoms with van der Waals surface area (Å²) < 4.78 is 37.9. The molecule has 138 valence electrons. The van der Waals surface area contributed by atoms with Crippen molar-refractivity contribution in [1.29, 1.82) is 0 Å². The highest BCUT2D eigenvalue weighted by Crippen LogP contribution is 2.39. The minimum atomic E-state index is -5.32. The molecule has 0 unspecified atom stereocenters. The molecule has 3 rings (SSSR count). The molecular weight excluding hydrogens is 435 g/mol. The predicted octanol–water partition coefficient (Wildman–Crippen LogP) is 3.42. The Bertz CT molecular complexity index is 1050. The number of carbonyl (C=O) groups is 4. The van der Waals surface area contributed by atoms with Gasteiger partial charge in [-0.15, -0.1) is 0 Å². The van der Waals surface area contributed by atoms with E-state index in [2.05, 4.69) is 15.9 Å². The molecule has 0 bridgehead atoms. The van der Waals surface area contributed by atoms with Crippen LogP contribution in [-0.4, -0.2) is 34.7 Å². The van der Waals surface area contributed by atoms with Gasteiger partial charge in [-0.3, -0.25) is 14.4 Å². The van der Waals surface area contributed by atoms with Crippen LogP contribution in [0.5, 0.6) is 0 Å². The molecule has 0 aliphatic heterocycles.